The lowest BCUT2D eigenvalue weighted by Gasteiger charge is -2.07. The molecule has 0 unspecified atom stereocenters. The molecule has 116 valence electrons. The number of anilines is 1. The van der Waals surface area contributed by atoms with Crippen LogP contribution in [0.3, 0.4) is 0 Å². The lowest BCUT2D eigenvalue weighted by Crippen LogP contribution is -2.21. The first-order valence-electron chi connectivity index (χ1n) is 6.21. The average Bonchev–Trinajstić information content (AvgIpc) is 2.79. The predicted molar refractivity (Wildman–Crippen MR) is 81.5 cm³/mol. The van der Waals surface area contributed by atoms with Crippen molar-refractivity contribution < 1.29 is 19.4 Å². The lowest BCUT2D eigenvalue weighted by atomic mass is 10.3. The monoisotopic (exact) mass is 339 g/mol. The van der Waals surface area contributed by atoms with Crippen LogP contribution in [-0.2, 0) is 11.2 Å². The second-order valence-corrected chi connectivity index (χ2v) is 5.87. The minimum absolute atomic E-state index is 0.0254. The molecule has 0 radical (unpaired) electrons. The predicted octanol–water partition coefficient (Wildman–Crippen LogP) is 1.66. The highest BCUT2D eigenvalue weighted by Crippen LogP contribution is 2.27. The molecule has 0 saturated heterocycles. The van der Waals surface area contributed by atoms with Gasteiger partial charge in [-0.15, -0.1) is 11.3 Å². The van der Waals surface area contributed by atoms with Crippen LogP contribution in [0.15, 0.2) is 18.2 Å². The molecule has 1 heterocycles. The quantitative estimate of drug-likeness (QED) is 0.894. The van der Waals surface area contributed by atoms with E-state index in [0.29, 0.717) is 27.2 Å². The van der Waals surface area contributed by atoms with Crippen LogP contribution < -0.4 is 15.2 Å². The van der Waals surface area contributed by atoms with Crippen molar-refractivity contribution in [2.75, 3.05) is 12.4 Å². The molecule has 8 heteroatoms. The highest BCUT2D eigenvalue weighted by atomic mass is 35.5. The molecule has 22 heavy (non-hydrogen) atoms. The third-order valence-electron chi connectivity index (χ3n) is 2.77. The van der Waals surface area contributed by atoms with E-state index in [9.17, 15) is 14.7 Å². The number of thiazole rings is 1. The Morgan fingerprint density at radius 1 is 1.45 bits per heavy atom. The van der Waals surface area contributed by atoms with Crippen molar-refractivity contribution in [2.24, 2.45) is 0 Å². The number of hydrogen-bond acceptors (Lipinski definition) is 6. The van der Waals surface area contributed by atoms with Crippen LogP contribution in [0.1, 0.15) is 20.4 Å². The van der Waals surface area contributed by atoms with Crippen molar-refractivity contribution >= 4 is 40.5 Å². The van der Waals surface area contributed by atoms with E-state index in [-0.39, 0.29) is 17.2 Å². The van der Waals surface area contributed by atoms with Gasteiger partial charge in [-0.05, 0) is 25.1 Å². The second-order valence-electron chi connectivity index (χ2n) is 4.38. The van der Waals surface area contributed by atoms with Gasteiger partial charge < -0.3 is 20.0 Å². The maximum absolute atomic E-state index is 12.0. The molecule has 0 bridgehead atoms. The van der Waals surface area contributed by atoms with Crippen molar-refractivity contribution in [1.82, 2.24) is 4.98 Å². The number of carbonyl (C=O) groups excluding carboxylic acids is 2. The number of rotatable bonds is 5. The first kappa shape index (κ1) is 16.3. The first-order valence-corrected chi connectivity index (χ1v) is 7.41. The van der Waals surface area contributed by atoms with Gasteiger partial charge in [0.25, 0.3) is 0 Å². The number of carboxylic acid groups (broad SMARTS) is 1. The normalized spacial score (nSPS) is 10.3. The highest BCUT2D eigenvalue weighted by molar-refractivity contribution is 7.13. The lowest BCUT2D eigenvalue weighted by molar-refractivity contribution is -0.254. The molecular weight excluding hydrogens is 328 g/mol. The summed E-state index contributed by atoms with van der Waals surface area (Å²) in [6, 6.07) is 4.86. The van der Waals surface area contributed by atoms with E-state index < -0.39 is 5.97 Å². The molecule has 1 aromatic heterocycles. The van der Waals surface area contributed by atoms with Gasteiger partial charge in [-0.2, -0.15) is 0 Å². The zero-order valence-corrected chi connectivity index (χ0v) is 13.4. The van der Waals surface area contributed by atoms with Gasteiger partial charge >= 0.3 is 0 Å². The van der Waals surface area contributed by atoms with Gasteiger partial charge in [0.15, 0.2) is 0 Å². The van der Waals surface area contributed by atoms with E-state index in [1.54, 1.807) is 25.1 Å². The second kappa shape index (κ2) is 6.76. The number of hydrogen-bond donors (Lipinski definition) is 1. The van der Waals surface area contributed by atoms with Crippen LogP contribution in [0.4, 0.5) is 5.69 Å². The number of benzene rings is 1. The fourth-order valence-electron chi connectivity index (χ4n) is 1.80. The topological polar surface area (TPSA) is 91.3 Å². The zero-order valence-electron chi connectivity index (χ0n) is 11.8. The van der Waals surface area contributed by atoms with Gasteiger partial charge in [0.05, 0.1) is 35.1 Å². The van der Waals surface area contributed by atoms with Crippen LogP contribution in [0, 0.1) is 6.92 Å². The summed E-state index contributed by atoms with van der Waals surface area (Å²) in [7, 11) is 1.50. The Balaban J connectivity index is 2.05. The Hall–Kier alpha value is -2.12. The summed E-state index contributed by atoms with van der Waals surface area (Å²) in [5.41, 5.74) is 0.865. The zero-order chi connectivity index (χ0) is 16.3. The minimum Gasteiger partial charge on any atom is -0.544 e. The molecule has 2 rings (SSSR count). The average molecular weight is 340 g/mol. The molecule has 0 aliphatic carbocycles. The van der Waals surface area contributed by atoms with Crippen LogP contribution >= 0.6 is 22.9 Å². The number of carboxylic acids is 1. The molecule has 1 N–H and O–H groups in total. The third-order valence-corrected chi connectivity index (χ3v) is 4.21. The Morgan fingerprint density at radius 3 is 2.73 bits per heavy atom. The molecule has 2 aromatic rings. The SMILES string of the molecule is COc1ccc(NC(=O)Cc2nc(C)c(C(=O)[O-])s2)cc1Cl. The molecule has 0 spiro atoms. The van der Waals surface area contributed by atoms with Gasteiger partial charge in [-0.3, -0.25) is 4.79 Å². The fraction of sp³-hybridized carbons (Fsp3) is 0.214. The van der Waals surface area contributed by atoms with Crippen molar-refractivity contribution in [2.45, 2.75) is 13.3 Å². The number of carbonyl (C=O) groups is 2. The summed E-state index contributed by atoms with van der Waals surface area (Å²) in [5, 5.41) is 14.3. The number of aromatic nitrogens is 1. The summed E-state index contributed by atoms with van der Waals surface area (Å²) >= 11 is 6.91. The van der Waals surface area contributed by atoms with Crippen LogP contribution in [0.2, 0.25) is 5.02 Å². The Kier molecular flexibility index (Phi) is 4.99. The molecular formula is C14H12ClN2O4S-. The maximum Gasteiger partial charge on any atom is 0.231 e. The number of halogens is 1. The molecule has 6 nitrogen and oxygen atoms in total. The van der Waals surface area contributed by atoms with Crippen molar-refractivity contribution in [3.63, 3.8) is 0 Å². The Bertz CT molecular complexity index is 730. The van der Waals surface area contributed by atoms with E-state index in [2.05, 4.69) is 10.3 Å². The first-order chi connectivity index (χ1) is 10.4. The fourth-order valence-corrected chi connectivity index (χ4v) is 2.96. The minimum atomic E-state index is -1.29. The molecule has 1 aromatic carbocycles. The smallest absolute Gasteiger partial charge is 0.231 e. The van der Waals surface area contributed by atoms with Crippen molar-refractivity contribution in [3.05, 3.63) is 38.8 Å². The summed E-state index contributed by atoms with van der Waals surface area (Å²) in [4.78, 5) is 26.9. The molecule has 0 saturated carbocycles. The van der Waals surface area contributed by atoms with E-state index >= 15 is 0 Å². The standard InChI is InChI=1S/C14H13ClN2O4S/c1-7-13(14(19)20)22-12(16-7)6-11(18)17-8-3-4-10(21-2)9(15)5-8/h3-5H,6H2,1-2H3,(H,17,18)(H,19,20)/p-1. The van der Waals surface area contributed by atoms with E-state index in [0.717, 1.165) is 11.3 Å². The molecule has 0 aliphatic heterocycles. The number of ether oxygens (including phenoxy) is 1. The van der Waals surface area contributed by atoms with Gasteiger partial charge in [0, 0.05) is 5.69 Å². The van der Waals surface area contributed by atoms with E-state index in [1.807, 2.05) is 0 Å². The van der Waals surface area contributed by atoms with Gasteiger partial charge in [0.2, 0.25) is 5.91 Å². The van der Waals surface area contributed by atoms with E-state index in [4.69, 9.17) is 16.3 Å². The number of methoxy groups -OCH3 is 1. The van der Waals surface area contributed by atoms with Crippen molar-refractivity contribution in [3.8, 4) is 5.75 Å². The largest absolute Gasteiger partial charge is 0.544 e. The molecule has 0 aliphatic rings. The maximum atomic E-state index is 12.0. The van der Waals surface area contributed by atoms with Crippen LogP contribution in [0.5, 0.6) is 5.75 Å². The Labute approximate surface area is 135 Å². The van der Waals surface area contributed by atoms with Crippen LogP contribution in [0.25, 0.3) is 0 Å². The van der Waals surface area contributed by atoms with Gasteiger partial charge in [-0.25, -0.2) is 4.98 Å². The van der Waals surface area contributed by atoms with E-state index in [1.165, 1.54) is 7.11 Å². The van der Waals surface area contributed by atoms with Crippen molar-refractivity contribution in [1.29, 1.82) is 0 Å². The summed E-state index contributed by atoms with van der Waals surface area (Å²) < 4.78 is 5.02. The molecule has 0 fully saturated rings. The number of nitrogens with zero attached hydrogens (tertiary/aromatic N) is 1. The third kappa shape index (κ3) is 3.75. The molecule has 0 atom stereocenters. The molecule has 1 amide bonds. The Morgan fingerprint density at radius 2 is 2.18 bits per heavy atom. The number of aromatic carboxylic acids is 1. The number of aryl methyl sites for hydroxylation is 1. The highest BCUT2D eigenvalue weighted by Gasteiger charge is 2.12. The number of amides is 1. The summed E-state index contributed by atoms with van der Waals surface area (Å²) in [6.45, 7) is 1.56. The van der Waals surface area contributed by atoms with Gasteiger partial charge in [-0.1, -0.05) is 11.6 Å². The van der Waals surface area contributed by atoms with Crippen LogP contribution in [-0.4, -0.2) is 24.0 Å². The summed E-state index contributed by atoms with van der Waals surface area (Å²) in [5.74, 6) is -1.10. The van der Waals surface area contributed by atoms with Gasteiger partial charge in [0.1, 0.15) is 10.8 Å². The summed E-state index contributed by atoms with van der Waals surface area (Å²) in [6.07, 6.45) is -0.0254. The number of nitrogens with one attached hydrogen (secondary N) is 1.